The number of H-pyrrole nitrogens is 1. The van der Waals surface area contributed by atoms with Crippen LogP contribution in [0.25, 0.3) is 33.3 Å². The van der Waals surface area contributed by atoms with Gasteiger partial charge in [-0.2, -0.15) is 5.10 Å². The van der Waals surface area contributed by atoms with Crippen LogP contribution in [0.1, 0.15) is 157 Å². The van der Waals surface area contributed by atoms with Gasteiger partial charge in [-0.15, -0.1) is 0 Å². The minimum atomic E-state index is -2.51. The number of aromatic amines is 1. The van der Waals surface area contributed by atoms with Crippen LogP contribution in [0.3, 0.4) is 0 Å². The van der Waals surface area contributed by atoms with Gasteiger partial charge in [-0.1, -0.05) is 82.4 Å². The van der Waals surface area contributed by atoms with Gasteiger partial charge in [-0.3, -0.25) is 33.8 Å². The monoisotopic (exact) mass is 1800 g/mol. The molecule has 4 saturated heterocycles. The molecule has 0 radical (unpaired) electrons. The smallest absolute Gasteiger partial charge is 0.410 e. The Morgan fingerprint density at radius 2 is 1.44 bits per heavy atom. The SMILES string of the molecule is CO[C@H]1C[C@@H]2CC[C@@H](C)[C@@](O)(O2)C(=O)C(=O)N2CCCC[C@H]2C(=O)O[C@H]([C@H](N)C[C@@H]2CC[C@@H](OC(=O)N3CCc4nc(N5CCN(CCOCCN6CCN(c7ncc(C(=O)N8CCc9cc(Cn%10nc(-c%11cnc%12[nH]ccc%12c%11)c%11c(N)ncnc%11%10)ccc9C8)cn7)CC6)CC5)ncc4C3)[C@H](OC)C2)CC(=O)[C@H](C)/C=C(\C)[C@@H](O)[C@@H](O)C(=O)[C@H](C)C[C@H](C)/C=C/C=C/C=C/1C. The number of allylic oxidation sites excluding steroid dienone is 6. The number of ether oxygens (including phenoxy) is 6. The predicted octanol–water partition coefficient (Wildman–Crippen LogP) is 7.47. The van der Waals surface area contributed by atoms with Crippen molar-refractivity contribution in [3.8, 4) is 11.3 Å². The number of hydrogen-bond donors (Lipinski definition) is 6. The molecule has 8 aliphatic rings. The fourth-order valence-electron chi connectivity index (χ4n) is 19.7. The summed E-state index contributed by atoms with van der Waals surface area (Å²) < 4.78 is 38.7. The first-order valence-electron chi connectivity index (χ1n) is 46.5. The molecule has 7 aromatic rings. The van der Waals surface area contributed by atoms with Crippen LogP contribution in [0.5, 0.6) is 0 Å². The zero-order valence-corrected chi connectivity index (χ0v) is 76.5. The zero-order chi connectivity index (χ0) is 92.3. The van der Waals surface area contributed by atoms with E-state index in [2.05, 4.69) is 67.7 Å². The van der Waals surface area contributed by atoms with Gasteiger partial charge in [0.15, 0.2) is 11.4 Å². The van der Waals surface area contributed by atoms with Crippen molar-refractivity contribution in [3.63, 3.8) is 0 Å². The number of nitrogens with zero attached hydrogens (tertiary/aromatic N) is 16. The summed E-state index contributed by atoms with van der Waals surface area (Å²) in [6.45, 7) is 21.7. The maximum atomic E-state index is 14.8. The number of aliphatic hydroxyl groups is 3. The van der Waals surface area contributed by atoms with Crippen molar-refractivity contribution in [2.45, 2.75) is 212 Å². The lowest BCUT2D eigenvalue weighted by molar-refractivity contribution is -0.265. The summed E-state index contributed by atoms with van der Waals surface area (Å²) >= 11 is 0. The summed E-state index contributed by atoms with van der Waals surface area (Å²) in [5, 5.41) is 41.4. The van der Waals surface area contributed by atoms with Crippen molar-refractivity contribution in [1.82, 2.24) is 74.2 Å². The molecular weight excluding hydrogens is 1680 g/mol. The van der Waals surface area contributed by atoms with Crippen LogP contribution in [0.4, 0.5) is 22.5 Å². The van der Waals surface area contributed by atoms with Crippen molar-refractivity contribution in [1.29, 1.82) is 0 Å². The van der Waals surface area contributed by atoms with Crippen LogP contribution in [0.2, 0.25) is 0 Å². The van der Waals surface area contributed by atoms with Gasteiger partial charge in [-0.05, 0) is 136 Å². The third-order valence-corrected chi connectivity index (χ3v) is 27.8. The number of fused-ring (bicyclic) bond motifs is 7. The van der Waals surface area contributed by atoms with Gasteiger partial charge < -0.3 is 84.7 Å². The van der Waals surface area contributed by atoms with Gasteiger partial charge in [0, 0.05) is 196 Å². The number of benzene rings is 1. The molecule has 0 spiro atoms. The second-order valence-electron chi connectivity index (χ2n) is 37.0. The number of rotatable bonds is 18. The number of ketones is 3. The van der Waals surface area contributed by atoms with Gasteiger partial charge in [0.25, 0.3) is 17.6 Å². The second kappa shape index (κ2) is 42.9. The Hall–Kier alpha value is -10.7. The third kappa shape index (κ3) is 22.5. The standard InChI is InChI=1S/C96H127N19O16/c1-58-14-10-9-11-15-59(2)78(126-7)48-72-21-17-63(6)96(125,131-72)86(120)91(122)114-27-13-12-16-75(114)92(123)129-79(49-76(116)60(3)43-62(5)84(118)85(119)83(117)61(4)42-58)73(97)45-64-19-22-77(80(46-64)127-8)130-95(124)113-29-25-74-71(56-113)53-103-94(106-74)111-36-32-109(33-37-111)39-41-128-40-38-108-30-34-110(35-31-108)93-101-51-70(52-102-93)90(121)112-28-24-66-44-65(18-20-68(66)55-112)54-115-89-81(87(98)104-57-105-89)82(107-115)69-47-67-23-26-99-88(67)100-50-69/h9-11,14-15,18,20,23,26,43-44,47,50-53,57-58,60-61,63-64,72-73,75,77-80,84-85,118-119,125H,12-13,16-17,19,21-22,24-25,27-42,45-46,48-49,54-56,97H2,1-8H3,(H,99,100)(H2,98,104,105)/b11-9+,14-10+,59-15+,62-43+/t58-,60-,61-,63-,64+,72+,73-,75+,77-,78+,79+,80-,84-,85+,96-/m1/s1. The van der Waals surface area contributed by atoms with Crippen molar-refractivity contribution in [2.75, 3.05) is 128 Å². The first-order chi connectivity index (χ1) is 63.2. The molecule has 1 aliphatic carbocycles. The highest BCUT2D eigenvalue weighted by Crippen LogP contribution is 2.40. The molecule has 5 fully saturated rings. The number of anilines is 3. The van der Waals surface area contributed by atoms with Crippen LogP contribution in [0, 0.1) is 29.6 Å². The number of carbonyl (C=O) groups excluding carboxylic acids is 7. The lowest BCUT2D eigenvalue weighted by Crippen LogP contribution is -2.61. The summed E-state index contributed by atoms with van der Waals surface area (Å²) in [5.41, 5.74) is 23.0. The van der Waals surface area contributed by atoms with Gasteiger partial charge in [0.2, 0.25) is 17.7 Å². The Kier molecular flexibility index (Phi) is 31.1. The molecule has 7 aliphatic heterocycles. The number of carbonyl (C=O) groups is 7. The van der Waals surface area contributed by atoms with Crippen molar-refractivity contribution < 1.29 is 77.3 Å². The Labute approximate surface area is 763 Å². The van der Waals surface area contributed by atoms with E-state index in [1.54, 1.807) is 58.5 Å². The molecule has 35 nitrogen and oxygen atoms in total. The number of cyclic esters (lactones) is 1. The average Bonchev–Trinajstić information content (AvgIpc) is 1.61. The number of methoxy groups -OCH3 is 2. The normalized spacial score (nSPS) is 28.8. The van der Waals surface area contributed by atoms with Gasteiger partial charge in [0.1, 0.15) is 59.7 Å². The van der Waals surface area contributed by atoms with Crippen LogP contribution < -0.4 is 21.3 Å². The molecule has 702 valence electrons. The first kappa shape index (κ1) is 94.9. The highest BCUT2D eigenvalue weighted by atomic mass is 16.6. The van der Waals surface area contributed by atoms with E-state index in [9.17, 15) is 48.9 Å². The number of piperidine rings is 1. The highest BCUT2D eigenvalue weighted by Gasteiger charge is 2.54. The van der Waals surface area contributed by atoms with Crippen molar-refractivity contribution in [2.24, 2.45) is 35.3 Å². The number of hydrogen-bond acceptors (Lipinski definition) is 30. The minimum Gasteiger partial charge on any atom is -0.459 e. The lowest BCUT2D eigenvalue weighted by atomic mass is 9.80. The molecule has 0 unspecified atom stereocenters. The van der Waals surface area contributed by atoms with E-state index >= 15 is 0 Å². The number of aliphatic hydroxyl groups excluding tert-OH is 2. The van der Waals surface area contributed by atoms with Gasteiger partial charge in [-0.25, -0.2) is 49.2 Å². The number of Topliss-reactive ketones (excluding diaryl/α,β-unsaturated/α-hetero) is 3. The Morgan fingerprint density at radius 1 is 0.710 bits per heavy atom. The molecule has 3 amide bonds. The van der Waals surface area contributed by atoms with E-state index in [1.165, 1.54) is 24.9 Å². The van der Waals surface area contributed by atoms with Crippen LogP contribution in [-0.2, 0) is 84.9 Å². The first-order valence-corrected chi connectivity index (χ1v) is 46.5. The number of aromatic nitrogens is 10. The fraction of sp³-hybridized carbons (Fsp3) is 0.573. The average molecular weight is 1800 g/mol. The number of amides is 3. The number of pyridine rings is 1. The minimum absolute atomic E-state index is 0.00219. The Bertz CT molecular complexity index is 5360. The quantitative estimate of drug-likeness (QED) is 0.0210. The second-order valence-corrected chi connectivity index (χ2v) is 37.0. The molecule has 8 N–H and O–H groups in total. The van der Waals surface area contributed by atoms with Crippen molar-refractivity contribution >= 4 is 81.0 Å². The fourth-order valence-corrected chi connectivity index (χ4v) is 19.7. The van der Waals surface area contributed by atoms with Crippen molar-refractivity contribution in [3.05, 3.63) is 149 Å². The number of nitrogens with two attached hydrogens (primary N) is 2. The van der Waals surface area contributed by atoms with E-state index < -0.39 is 120 Å². The number of nitrogen functional groups attached to an aromatic ring is 1. The number of piperazine rings is 2. The zero-order valence-electron chi connectivity index (χ0n) is 76.5. The third-order valence-electron chi connectivity index (χ3n) is 27.8. The predicted molar refractivity (Wildman–Crippen MR) is 489 cm³/mol. The summed E-state index contributed by atoms with van der Waals surface area (Å²) in [4.78, 5) is 150. The van der Waals surface area contributed by atoms with E-state index in [0.717, 1.165) is 115 Å². The summed E-state index contributed by atoms with van der Waals surface area (Å²) in [6.07, 6.45) is 18.5. The molecule has 2 bridgehead atoms. The van der Waals surface area contributed by atoms with E-state index in [-0.39, 0.29) is 55.7 Å². The molecular formula is C96H127N19O16. The summed E-state index contributed by atoms with van der Waals surface area (Å²) in [6, 6.07) is 8.12. The topological polar surface area (TPSA) is 434 Å². The molecule has 13 heterocycles. The van der Waals surface area contributed by atoms with Crippen LogP contribution in [-0.4, -0.2) is 304 Å². The molecule has 35 heteroatoms. The van der Waals surface area contributed by atoms with Crippen LogP contribution in [0.15, 0.2) is 115 Å². The van der Waals surface area contributed by atoms with E-state index in [0.29, 0.717) is 144 Å². The Balaban J connectivity index is 0.485. The van der Waals surface area contributed by atoms with E-state index in [4.69, 9.17) is 55.0 Å². The highest BCUT2D eigenvalue weighted by molar-refractivity contribution is 6.39. The molecule has 6 aromatic heterocycles. The van der Waals surface area contributed by atoms with Gasteiger partial charge in [0.05, 0.1) is 61.3 Å². The van der Waals surface area contributed by atoms with E-state index in [1.807, 2.05) is 78.3 Å². The van der Waals surface area contributed by atoms with Gasteiger partial charge >= 0.3 is 12.1 Å². The molecule has 1 saturated carbocycles. The molecule has 1 aromatic carbocycles. The largest absolute Gasteiger partial charge is 0.459 e. The molecule has 15 atom stereocenters. The Morgan fingerprint density at radius 3 is 2.19 bits per heavy atom. The maximum absolute atomic E-state index is 14.8. The maximum Gasteiger partial charge on any atom is 0.410 e. The molecule has 15 rings (SSSR count). The number of nitrogens with one attached hydrogen (secondary N) is 1. The van der Waals surface area contributed by atoms with Crippen LogP contribution >= 0.6 is 0 Å². The summed E-state index contributed by atoms with van der Waals surface area (Å²) in [5.74, 6) is -7.73. The molecule has 131 heavy (non-hydrogen) atoms. The number of esters is 1. The summed E-state index contributed by atoms with van der Waals surface area (Å²) in [7, 11) is 3.11. The lowest BCUT2D eigenvalue weighted by Gasteiger charge is -2.42.